The van der Waals surface area contributed by atoms with Crippen LogP contribution in [0, 0.1) is 0 Å². The van der Waals surface area contributed by atoms with E-state index in [1.54, 1.807) is 0 Å². The van der Waals surface area contributed by atoms with E-state index in [4.69, 9.17) is 0 Å². The Labute approximate surface area is 96.4 Å². The number of hydroxylamine groups is 1. The molecule has 0 N–H and O–H groups in total. The highest BCUT2D eigenvalue weighted by molar-refractivity contribution is 7.86. The van der Waals surface area contributed by atoms with Crippen LogP contribution in [0.2, 0.25) is 0 Å². The third-order valence-corrected chi connectivity index (χ3v) is 3.94. The minimum Gasteiger partial charge on any atom is -0.287 e. The summed E-state index contributed by atoms with van der Waals surface area (Å²) in [5.74, 6) is 0. The lowest BCUT2D eigenvalue weighted by Gasteiger charge is -2.22. The lowest BCUT2D eigenvalue weighted by molar-refractivity contribution is -0.0311. The molecule has 0 saturated heterocycles. The molecule has 0 aliphatic heterocycles. The summed E-state index contributed by atoms with van der Waals surface area (Å²) in [6.07, 6.45) is 0. The predicted octanol–water partition coefficient (Wildman–Crippen LogP) is 0.856. The van der Waals surface area contributed by atoms with Gasteiger partial charge in [0.2, 0.25) is 0 Å². The average molecular weight is 244 g/mol. The van der Waals surface area contributed by atoms with Crippen LogP contribution in [0.25, 0.3) is 0 Å². The molecule has 0 heterocycles. The van der Waals surface area contributed by atoms with Crippen LogP contribution in [0.5, 0.6) is 0 Å². The number of nitrogens with zero attached hydrogens (tertiary/aromatic N) is 2. The number of benzene rings is 1. The molecular weight excluding hydrogens is 228 g/mol. The van der Waals surface area contributed by atoms with Crippen molar-refractivity contribution in [3.63, 3.8) is 0 Å². The Morgan fingerprint density at radius 2 is 1.75 bits per heavy atom. The molecule has 0 aliphatic rings. The third-order valence-electron chi connectivity index (χ3n) is 2.22. The SMILES string of the molecule is CON(C)S(=O)(=O)N(C)Cc1ccccc1. The van der Waals surface area contributed by atoms with E-state index in [1.807, 2.05) is 30.3 Å². The van der Waals surface area contributed by atoms with Crippen molar-refractivity contribution in [2.75, 3.05) is 21.2 Å². The van der Waals surface area contributed by atoms with E-state index >= 15 is 0 Å². The van der Waals surface area contributed by atoms with Crippen LogP contribution in [0.3, 0.4) is 0 Å². The van der Waals surface area contributed by atoms with Gasteiger partial charge in [0.25, 0.3) is 0 Å². The fourth-order valence-electron chi connectivity index (χ4n) is 1.21. The Bertz CT molecular complexity index is 419. The maximum Gasteiger partial charge on any atom is 0.303 e. The van der Waals surface area contributed by atoms with E-state index in [9.17, 15) is 8.42 Å². The van der Waals surface area contributed by atoms with Gasteiger partial charge >= 0.3 is 10.2 Å². The van der Waals surface area contributed by atoms with Crippen molar-refractivity contribution in [2.24, 2.45) is 0 Å². The van der Waals surface area contributed by atoms with Gasteiger partial charge in [-0.25, -0.2) is 0 Å². The molecular formula is C10H16N2O3S. The van der Waals surface area contributed by atoms with Gasteiger partial charge in [-0.05, 0) is 5.56 Å². The van der Waals surface area contributed by atoms with Crippen LogP contribution in [-0.4, -0.2) is 38.4 Å². The topological polar surface area (TPSA) is 49.9 Å². The van der Waals surface area contributed by atoms with Crippen molar-refractivity contribution in [2.45, 2.75) is 6.54 Å². The van der Waals surface area contributed by atoms with Gasteiger partial charge in [0.05, 0.1) is 7.11 Å². The molecule has 6 heteroatoms. The van der Waals surface area contributed by atoms with Crippen molar-refractivity contribution in [1.29, 1.82) is 0 Å². The van der Waals surface area contributed by atoms with Crippen molar-refractivity contribution in [3.05, 3.63) is 35.9 Å². The quantitative estimate of drug-likeness (QED) is 0.722. The molecule has 0 atom stereocenters. The summed E-state index contributed by atoms with van der Waals surface area (Å²) >= 11 is 0. The second kappa shape index (κ2) is 5.40. The number of hydrogen-bond donors (Lipinski definition) is 0. The molecule has 16 heavy (non-hydrogen) atoms. The van der Waals surface area contributed by atoms with Crippen LogP contribution in [0.4, 0.5) is 0 Å². The summed E-state index contributed by atoms with van der Waals surface area (Å²) in [5, 5.41) is 0. The Morgan fingerprint density at radius 1 is 1.19 bits per heavy atom. The minimum atomic E-state index is -3.54. The molecule has 90 valence electrons. The molecule has 0 saturated carbocycles. The molecule has 0 fully saturated rings. The summed E-state index contributed by atoms with van der Waals surface area (Å²) in [6.45, 7) is 0.316. The second-order valence-corrected chi connectivity index (χ2v) is 5.37. The van der Waals surface area contributed by atoms with Crippen LogP contribution >= 0.6 is 0 Å². The maximum absolute atomic E-state index is 11.8. The summed E-state index contributed by atoms with van der Waals surface area (Å²) < 4.78 is 25.6. The van der Waals surface area contributed by atoms with Crippen LogP contribution in [0.15, 0.2) is 30.3 Å². The largest absolute Gasteiger partial charge is 0.303 e. The van der Waals surface area contributed by atoms with Crippen molar-refractivity contribution >= 4 is 10.2 Å². The fourth-order valence-corrected chi connectivity index (χ4v) is 2.11. The first kappa shape index (κ1) is 13.1. The first-order valence-corrected chi connectivity index (χ1v) is 6.16. The molecule has 1 aromatic rings. The van der Waals surface area contributed by atoms with Gasteiger partial charge in [0.15, 0.2) is 0 Å². The molecule has 0 bridgehead atoms. The summed E-state index contributed by atoms with van der Waals surface area (Å²) in [7, 11) is 0.640. The molecule has 0 aliphatic carbocycles. The Hall–Kier alpha value is -0.950. The van der Waals surface area contributed by atoms with Crippen LogP contribution in [-0.2, 0) is 21.6 Å². The molecule has 5 nitrogen and oxygen atoms in total. The molecule has 1 rings (SSSR count). The van der Waals surface area contributed by atoms with Gasteiger partial charge in [-0.2, -0.15) is 12.7 Å². The molecule has 1 aromatic carbocycles. The zero-order valence-electron chi connectivity index (χ0n) is 9.62. The highest BCUT2D eigenvalue weighted by atomic mass is 32.2. The average Bonchev–Trinajstić information content (AvgIpc) is 2.29. The van der Waals surface area contributed by atoms with Crippen LogP contribution in [0.1, 0.15) is 5.56 Å². The Balaban J connectivity index is 2.77. The van der Waals surface area contributed by atoms with Crippen molar-refractivity contribution < 1.29 is 13.3 Å². The second-order valence-electron chi connectivity index (χ2n) is 3.34. The summed E-state index contributed by atoms with van der Waals surface area (Å²) in [5.41, 5.74) is 0.929. The van der Waals surface area contributed by atoms with Crippen molar-refractivity contribution in [3.8, 4) is 0 Å². The van der Waals surface area contributed by atoms with Gasteiger partial charge in [0.1, 0.15) is 0 Å². The molecule has 0 radical (unpaired) electrons. The predicted molar refractivity (Wildman–Crippen MR) is 61.6 cm³/mol. The molecule has 0 spiro atoms. The van der Waals surface area contributed by atoms with E-state index in [2.05, 4.69) is 4.84 Å². The van der Waals surface area contributed by atoms with Gasteiger partial charge in [-0.15, -0.1) is 0 Å². The monoisotopic (exact) mass is 244 g/mol. The molecule has 0 amide bonds. The minimum absolute atomic E-state index is 0.316. The van der Waals surface area contributed by atoms with E-state index in [-0.39, 0.29) is 0 Å². The zero-order chi connectivity index (χ0) is 12.2. The first-order valence-electron chi connectivity index (χ1n) is 4.76. The number of rotatable bonds is 5. The Morgan fingerprint density at radius 3 is 2.25 bits per heavy atom. The van der Waals surface area contributed by atoms with Crippen molar-refractivity contribution in [1.82, 2.24) is 8.77 Å². The number of hydrogen-bond acceptors (Lipinski definition) is 3. The summed E-state index contributed by atoms with van der Waals surface area (Å²) in [6, 6.07) is 9.38. The fraction of sp³-hybridized carbons (Fsp3) is 0.400. The summed E-state index contributed by atoms with van der Waals surface area (Å²) in [4.78, 5) is 4.68. The van der Waals surface area contributed by atoms with Gasteiger partial charge < -0.3 is 0 Å². The third kappa shape index (κ3) is 3.02. The smallest absolute Gasteiger partial charge is 0.287 e. The lowest BCUT2D eigenvalue weighted by Crippen LogP contribution is -2.38. The highest BCUT2D eigenvalue weighted by Gasteiger charge is 2.23. The van der Waals surface area contributed by atoms with E-state index in [0.29, 0.717) is 6.54 Å². The molecule has 0 unspecified atom stereocenters. The van der Waals surface area contributed by atoms with E-state index in [0.717, 1.165) is 10.0 Å². The van der Waals surface area contributed by atoms with Crippen LogP contribution < -0.4 is 0 Å². The highest BCUT2D eigenvalue weighted by Crippen LogP contribution is 2.09. The maximum atomic E-state index is 11.8. The standard InChI is InChI=1S/C10H16N2O3S/c1-11(16(13,14)12(2)15-3)9-10-7-5-4-6-8-10/h4-8H,9H2,1-3H3. The van der Waals surface area contributed by atoms with Gasteiger partial charge in [-0.1, -0.05) is 34.8 Å². The lowest BCUT2D eigenvalue weighted by atomic mass is 10.2. The zero-order valence-corrected chi connectivity index (χ0v) is 10.4. The Kier molecular flexibility index (Phi) is 4.43. The normalized spacial score (nSPS) is 12.3. The van der Waals surface area contributed by atoms with E-state index < -0.39 is 10.2 Å². The van der Waals surface area contributed by atoms with Gasteiger partial charge in [0, 0.05) is 20.6 Å². The first-order chi connectivity index (χ1) is 7.48. The molecule has 0 aromatic heterocycles. The van der Waals surface area contributed by atoms with Gasteiger partial charge in [-0.3, -0.25) is 4.84 Å². The van der Waals surface area contributed by atoms with E-state index in [1.165, 1.54) is 25.5 Å².